The molecule has 0 aliphatic rings. The molecular weight excluding hydrogens is 430 g/mol. The fourth-order valence-corrected chi connectivity index (χ4v) is 4.33. The summed E-state index contributed by atoms with van der Waals surface area (Å²) in [4.78, 5) is 24.9. The Morgan fingerprint density at radius 3 is 2.83 bits per heavy atom. The third-order valence-electron chi connectivity index (χ3n) is 4.15. The van der Waals surface area contributed by atoms with E-state index in [1.807, 2.05) is 35.1 Å². The summed E-state index contributed by atoms with van der Waals surface area (Å²) in [5, 5.41) is 14.0. The van der Waals surface area contributed by atoms with Crippen LogP contribution in [0.4, 0.5) is 5.69 Å². The molecule has 10 heteroatoms. The second-order valence-corrected chi connectivity index (χ2v) is 9.05. The van der Waals surface area contributed by atoms with E-state index in [9.17, 15) is 9.59 Å². The van der Waals surface area contributed by atoms with Gasteiger partial charge in [0.1, 0.15) is 0 Å². The van der Waals surface area contributed by atoms with Gasteiger partial charge in [-0.05, 0) is 43.0 Å². The van der Waals surface area contributed by atoms with Crippen molar-refractivity contribution in [2.24, 2.45) is 5.73 Å². The molecule has 0 saturated carbocycles. The van der Waals surface area contributed by atoms with Crippen molar-refractivity contribution >= 4 is 52.2 Å². The predicted molar refractivity (Wildman–Crippen MR) is 117 cm³/mol. The summed E-state index contributed by atoms with van der Waals surface area (Å²) in [6, 6.07) is 9.20. The smallest absolute Gasteiger partial charge is 0.237 e. The van der Waals surface area contributed by atoms with Gasteiger partial charge in [-0.3, -0.25) is 9.59 Å². The minimum Gasteiger partial charge on any atom is -0.370 e. The lowest BCUT2D eigenvalue weighted by molar-refractivity contribution is -0.118. The molecule has 0 fully saturated rings. The minimum atomic E-state index is -0.443. The van der Waals surface area contributed by atoms with E-state index >= 15 is 0 Å². The molecule has 1 atom stereocenters. The number of halogens is 1. The normalized spacial score (nSPS) is 12.0. The summed E-state index contributed by atoms with van der Waals surface area (Å²) in [6.07, 6.45) is 0.159. The molecule has 0 bridgehead atoms. The highest BCUT2D eigenvalue weighted by atomic mass is 35.5. The van der Waals surface area contributed by atoms with Gasteiger partial charge in [0.15, 0.2) is 11.0 Å². The van der Waals surface area contributed by atoms with Crippen LogP contribution >= 0.6 is 34.7 Å². The molecule has 1 aromatic carbocycles. The second-order valence-electron chi connectivity index (χ2n) is 6.36. The molecule has 0 radical (unpaired) electrons. The fourth-order valence-electron chi connectivity index (χ4n) is 2.56. The topological polar surface area (TPSA) is 103 Å². The highest BCUT2D eigenvalue weighted by molar-refractivity contribution is 8.00. The zero-order chi connectivity index (χ0) is 21.0. The standard InChI is InChI=1S/C19H20ClN5O2S2/c1-11-5-6-13(20)10-14(11)22-18(27)12(2)29-19-24-23-17(15-4-3-9-28-15)25(19)8-7-16(21)26/h3-6,9-10,12H,7-8H2,1-2H3,(H2,21,26)(H,22,27). The van der Waals surface area contributed by atoms with Crippen molar-refractivity contribution in [3.63, 3.8) is 0 Å². The number of thioether (sulfide) groups is 1. The van der Waals surface area contributed by atoms with Gasteiger partial charge in [-0.25, -0.2) is 0 Å². The summed E-state index contributed by atoms with van der Waals surface area (Å²) < 4.78 is 1.83. The lowest BCUT2D eigenvalue weighted by Gasteiger charge is -2.14. The lowest BCUT2D eigenvalue weighted by Crippen LogP contribution is -2.23. The number of amides is 2. The molecular formula is C19H20ClN5O2S2. The van der Waals surface area contributed by atoms with Gasteiger partial charge < -0.3 is 15.6 Å². The summed E-state index contributed by atoms with van der Waals surface area (Å²) in [5.41, 5.74) is 6.91. The fraction of sp³-hybridized carbons (Fsp3) is 0.263. The Balaban J connectivity index is 1.78. The molecule has 3 aromatic rings. The zero-order valence-electron chi connectivity index (χ0n) is 15.9. The van der Waals surface area contributed by atoms with E-state index in [1.54, 1.807) is 19.1 Å². The van der Waals surface area contributed by atoms with E-state index in [2.05, 4.69) is 15.5 Å². The highest BCUT2D eigenvalue weighted by Gasteiger charge is 2.22. The Hall–Kier alpha value is -2.36. The summed E-state index contributed by atoms with van der Waals surface area (Å²) in [6.45, 7) is 4.04. The molecule has 29 heavy (non-hydrogen) atoms. The van der Waals surface area contributed by atoms with Gasteiger partial charge in [0, 0.05) is 23.7 Å². The second kappa shape index (κ2) is 9.43. The number of benzene rings is 1. The number of nitrogens with zero attached hydrogens (tertiary/aromatic N) is 3. The lowest BCUT2D eigenvalue weighted by atomic mass is 10.2. The van der Waals surface area contributed by atoms with Gasteiger partial charge in [-0.2, -0.15) is 0 Å². The van der Waals surface area contributed by atoms with E-state index < -0.39 is 11.2 Å². The monoisotopic (exact) mass is 449 g/mol. The Morgan fingerprint density at radius 1 is 1.34 bits per heavy atom. The minimum absolute atomic E-state index is 0.159. The quantitative estimate of drug-likeness (QED) is 0.506. The first-order valence-electron chi connectivity index (χ1n) is 8.84. The van der Waals surface area contributed by atoms with Gasteiger partial charge in [0.2, 0.25) is 11.8 Å². The first-order valence-corrected chi connectivity index (χ1v) is 11.0. The van der Waals surface area contributed by atoms with Crippen LogP contribution in [-0.2, 0) is 16.1 Å². The summed E-state index contributed by atoms with van der Waals surface area (Å²) in [7, 11) is 0. The average Bonchev–Trinajstić information content (AvgIpc) is 3.32. The third kappa shape index (κ3) is 5.37. The molecule has 2 heterocycles. The Labute approximate surface area is 181 Å². The summed E-state index contributed by atoms with van der Waals surface area (Å²) in [5.74, 6) is 0.0681. The molecule has 2 aromatic heterocycles. The van der Waals surface area contributed by atoms with Gasteiger partial charge in [0.05, 0.1) is 10.1 Å². The number of aromatic nitrogens is 3. The average molecular weight is 450 g/mol. The van der Waals surface area contributed by atoms with Crippen molar-refractivity contribution in [3.05, 3.63) is 46.3 Å². The van der Waals surface area contributed by atoms with Gasteiger partial charge in [-0.1, -0.05) is 35.5 Å². The number of thiophene rings is 1. The SMILES string of the molecule is Cc1ccc(Cl)cc1NC(=O)C(C)Sc1nnc(-c2cccs2)n1CCC(N)=O. The summed E-state index contributed by atoms with van der Waals surface area (Å²) >= 11 is 8.83. The van der Waals surface area contributed by atoms with E-state index in [-0.39, 0.29) is 12.3 Å². The number of carbonyl (C=O) groups excluding carboxylic acids is 2. The van der Waals surface area contributed by atoms with Crippen molar-refractivity contribution in [3.8, 4) is 10.7 Å². The number of nitrogens with one attached hydrogen (secondary N) is 1. The van der Waals surface area contributed by atoms with Gasteiger partial charge in [-0.15, -0.1) is 21.5 Å². The molecule has 1 unspecified atom stereocenters. The van der Waals surface area contributed by atoms with Crippen LogP contribution in [0.25, 0.3) is 10.7 Å². The van der Waals surface area contributed by atoms with E-state index in [1.165, 1.54) is 23.1 Å². The number of aryl methyl sites for hydroxylation is 1. The number of anilines is 1. The number of primary amides is 1. The van der Waals surface area contributed by atoms with Crippen molar-refractivity contribution < 1.29 is 9.59 Å². The Morgan fingerprint density at radius 2 is 2.14 bits per heavy atom. The van der Waals surface area contributed by atoms with Crippen LogP contribution in [0.2, 0.25) is 5.02 Å². The molecule has 0 spiro atoms. The number of hydrogen-bond acceptors (Lipinski definition) is 6. The number of hydrogen-bond donors (Lipinski definition) is 2. The van der Waals surface area contributed by atoms with Crippen LogP contribution in [0.15, 0.2) is 40.9 Å². The van der Waals surface area contributed by atoms with Gasteiger partial charge >= 0.3 is 0 Å². The molecule has 0 aliphatic carbocycles. The maximum atomic E-state index is 12.7. The van der Waals surface area contributed by atoms with Crippen LogP contribution < -0.4 is 11.1 Å². The van der Waals surface area contributed by atoms with Crippen LogP contribution in [-0.4, -0.2) is 31.8 Å². The number of carbonyl (C=O) groups is 2. The van der Waals surface area contributed by atoms with Crippen LogP contribution in [0, 0.1) is 6.92 Å². The van der Waals surface area contributed by atoms with Crippen LogP contribution in [0.5, 0.6) is 0 Å². The molecule has 0 saturated heterocycles. The molecule has 7 nitrogen and oxygen atoms in total. The van der Waals surface area contributed by atoms with Crippen LogP contribution in [0.1, 0.15) is 18.9 Å². The largest absolute Gasteiger partial charge is 0.370 e. The van der Waals surface area contributed by atoms with Gasteiger partial charge in [0.25, 0.3) is 0 Å². The molecule has 152 valence electrons. The predicted octanol–water partition coefficient (Wildman–Crippen LogP) is 3.96. The van der Waals surface area contributed by atoms with Crippen LogP contribution in [0.3, 0.4) is 0 Å². The molecule has 2 amide bonds. The van der Waals surface area contributed by atoms with E-state index in [0.717, 1.165) is 10.4 Å². The zero-order valence-corrected chi connectivity index (χ0v) is 18.3. The van der Waals surface area contributed by atoms with Crippen molar-refractivity contribution in [1.82, 2.24) is 14.8 Å². The van der Waals surface area contributed by atoms with Crippen molar-refractivity contribution in [1.29, 1.82) is 0 Å². The van der Waals surface area contributed by atoms with E-state index in [0.29, 0.717) is 28.2 Å². The highest BCUT2D eigenvalue weighted by Crippen LogP contribution is 2.30. The van der Waals surface area contributed by atoms with Crippen molar-refractivity contribution in [2.75, 3.05) is 5.32 Å². The number of nitrogens with two attached hydrogens (primary N) is 1. The first-order chi connectivity index (χ1) is 13.8. The Kier molecular flexibility index (Phi) is 6.94. The maximum Gasteiger partial charge on any atom is 0.237 e. The van der Waals surface area contributed by atoms with Crippen molar-refractivity contribution in [2.45, 2.75) is 37.2 Å². The first kappa shape index (κ1) is 21.4. The molecule has 3 N–H and O–H groups in total. The number of rotatable bonds is 8. The third-order valence-corrected chi connectivity index (χ3v) is 6.33. The van der Waals surface area contributed by atoms with E-state index in [4.69, 9.17) is 17.3 Å². The Bertz CT molecular complexity index is 1020. The molecule has 0 aliphatic heterocycles. The maximum absolute atomic E-state index is 12.7. The molecule has 3 rings (SSSR count).